The molecule has 0 bridgehead atoms. The third-order valence-electron chi connectivity index (χ3n) is 4.67. The van der Waals surface area contributed by atoms with Gasteiger partial charge in [-0.15, -0.1) is 0 Å². The largest absolute Gasteiger partial charge is 1.00 e. The molecule has 0 unspecified atom stereocenters. The second-order valence-electron chi connectivity index (χ2n) is 6.46. The van der Waals surface area contributed by atoms with E-state index in [1.165, 1.54) is 64.2 Å². The van der Waals surface area contributed by atoms with Crippen molar-refractivity contribution in [3.63, 3.8) is 0 Å². The molecule has 9 heteroatoms. The minimum atomic E-state index is -6.00. The van der Waals surface area contributed by atoms with E-state index >= 15 is 0 Å². The van der Waals surface area contributed by atoms with Crippen LogP contribution in [0.3, 0.4) is 0 Å². The van der Waals surface area contributed by atoms with Gasteiger partial charge in [-0.05, 0) is 43.2 Å². The van der Waals surface area contributed by atoms with Crippen molar-refractivity contribution in [2.45, 2.75) is 81.9 Å². The first-order valence-corrected chi connectivity index (χ1v) is 10.3. The van der Waals surface area contributed by atoms with Crippen LogP contribution >= 0.6 is 7.92 Å². The fraction of sp³-hybridized carbons (Fsp3) is 0.933. The summed E-state index contributed by atoms with van der Waals surface area (Å²) in [6.07, 6.45) is 15.4. The maximum Gasteiger partial charge on any atom is 1.00 e. The summed E-state index contributed by atoms with van der Waals surface area (Å²) in [6.45, 7) is 0. The normalized spacial score (nSPS) is 20.0. The van der Waals surface area contributed by atoms with Gasteiger partial charge in [0.25, 0.3) is 0 Å². The third kappa shape index (κ3) is 12.1. The molecule has 1 N–H and O–H groups in total. The van der Waals surface area contributed by atoms with E-state index in [0.29, 0.717) is 6.42 Å². The van der Waals surface area contributed by atoms with Gasteiger partial charge in [-0.2, -0.15) is 0 Å². The molecule has 0 aliphatic heterocycles. The number of carbonyl (C=O) groups is 1. The zero-order valence-corrected chi connectivity index (χ0v) is 17.4. The minimum Gasteiger partial charge on any atom is -1.00 e. The topological polar surface area (TPSA) is 37.3 Å². The standard InChI is InChI=1S/C15H27O2P.BF4.Na.H/c16-15(17)11-12-18(13-7-3-1-4-8-13)14-9-5-2-6-10-14;2-1(3,4)5;;/h13-14H,1-12H2,(H,16,17);;;/q;-1;+1;-1. The van der Waals surface area contributed by atoms with Crippen LogP contribution in [0.1, 0.15) is 72.1 Å². The first-order chi connectivity index (χ1) is 10.8. The third-order valence-corrected chi connectivity index (χ3v) is 8.32. The predicted octanol–water partition coefficient (Wildman–Crippen LogP) is 3.02. The number of aliphatic carboxylic acids is 1. The van der Waals surface area contributed by atoms with Crippen LogP contribution in [0.4, 0.5) is 17.3 Å². The maximum absolute atomic E-state index is 10.9. The maximum atomic E-state index is 10.9. The number of carboxylic acids is 1. The molecule has 0 saturated heterocycles. The fourth-order valence-electron chi connectivity index (χ4n) is 3.71. The molecule has 0 amide bonds. The summed E-state index contributed by atoms with van der Waals surface area (Å²) in [7, 11) is -6.01. The average Bonchev–Trinajstić information content (AvgIpc) is 2.48. The van der Waals surface area contributed by atoms with Gasteiger partial charge in [0.05, 0.1) is 0 Å². The Morgan fingerprint density at radius 1 is 0.917 bits per heavy atom. The number of halogens is 4. The molecule has 0 radical (unpaired) electrons. The Hall–Kier alpha value is 0.685. The van der Waals surface area contributed by atoms with Gasteiger partial charge >= 0.3 is 42.8 Å². The molecule has 0 aromatic carbocycles. The molecule has 24 heavy (non-hydrogen) atoms. The molecule has 0 spiro atoms. The monoisotopic (exact) mass is 381 g/mol. The number of carboxylic acid groups (broad SMARTS) is 1. The average molecular weight is 381 g/mol. The molecule has 0 aromatic heterocycles. The molecule has 2 rings (SSSR count). The molecule has 2 saturated carbocycles. The van der Waals surface area contributed by atoms with Gasteiger partial charge in [0.1, 0.15) is 0 Å². The van der Waals surface area contributed by atoms with Crippen LogP contribution in [0.2, 0.25) is 0 Å². The molecule has 0 aromatic rings. The number of hydrogen-bond donors (Lipinski definition) is 1. The van der Waals surface area contributed by atoms with Crippen LogP contribution in [-0.2, 0) is 4.79 Å². The van der Waals surface area contributed by atoms with Crippen LogP contribution in [0.5, 0.6) is 0 Å². The smallest absolute Gasteiger partial charge is 1.00 e. The molecule has 0 atom stereocenters. The van der Waals surface area contributed by atoms with Crippen molar-refractivity contribution in [2.24, 2.45) is 0 Å². The Morgan fingerprint density at radius 3 is 1.54 bits per heavy atom. The summed E-state index contributed by atoms with van der Waals surface area (Å²) < 4.78 is 39.0. The Bertz CT molecular complexity index is 331. The van der Waals surface area contributed by atoms with Crippen molar-refractivity contribution in [1.29, 1.82) is 0 Å². The number of rotatable bonds is 5. The molecular formula is C15H28BF4NaO2P-. The van der Waals surface area contributed by atoms with E-state index < -0.39 is 13.2 Å². The van der Waals surface area contributed by atoms with Crippen molar-refractivity contribution in [1.82, 2.24) is 0 Å². The zero-order chi connectivity index (χ0) is 17.3. The van der Waals surface area contributed by atoms with E-state index in [-0.39, 0.29) is 38.9 Å². The summed E-state index contributed by atoms with van der Waals surface area (Å²) >= 11 is 0. The van der Waals surface area contributed by atoms with E-state index in [1.54, 1.807) is 0 Å². The SMILES string of the molecule is F[B-](F)(F)F.O=C(O)CCP(C1CCCCC1)C1CCCCC1.[H-].[Na+]. The van der Waals surface area contributed by atoms with Crippen LogP contribution in [0.25, 0.3) is 0 Å². The molecule has 2 nitrogen and oxygen atoms in total. The van der Waals surface area contributed by atoms with Crippen molar-refractivity contribution in [3.05, 3.63) is 0 Å². The zero-order valence-electron chi connectivity index (χ0n) is 15.5. The van der Waals surface area contributed by atoms with Crippen LogP contribution in [0.15, 0.2) is 0 Å². The van der Waals surface area contributed by atoms with Gasteiger partial charge in [-0.1, -0.05) is 46.4 Å². The van der Waals surface area contributed by atoms with E-state index in [0.717, 1.165) is 17.5 Å². The molecule has 138 valence electrons. The summed E-state index contributed by atoms with van der Waals surface area (Å²) in [4.78, 5) is 10.9. The molecule has 2 aliphatic rings. The van der Waals surface area contributed by atoms with E-state index in [2.05, 4.69) is 0 Å². The quantitative estimate of drug-likeness (QED) is 0.452. The van der Waals surface area contributed by atoms with E-state index in [1.807, 2.05) is 0 Å². The second kappa shape index (κ2) is 12.9. The van der Waals surface area contributed by atoms with Crippen molar-refractivity contribution < 1.29 is 58.1 Å². The summed E-state index contributed by atoms with van der Waals surface area (Å²) in [6, 6.07) is 0. The van der Waals surface area contributed by atoms with Crippen molar-refractivity contribution >= 4 is 21.1 Å². The van der Waals surface area contributed by atoms with Crippen molar-refractivity contribution in [2.75, 3.05) is 6.16 Å². The van der Waals surface area contributed by atoms with Gasteiger partial charge < -0.3 is 23.8 Å². The van der Waals surface area contributed by atoms with Crippen LogP contribution in [0, 0.1) is 0 Å². The van der Waals surface area contributed by atoms with E-state index in [4.69, 9.17) is 5.11 Å². The predicted molar refractivity (Wildman–Crippen MR) is 89.1 cm³/mol. The van der Waals surface area contributed by atoms with Gasteiger partial charge in [0, 0.05) is 6.42 Å². The Kier molecular flexibility index (Phi) is 13.3. The van der Waals surface area contributed by atoms with Crippen LogP contribution < -0.4 is 29.6 Å². The number of hydrogen-bond acceptors (Lipinski definition) is 1. The Balaban J connectivity index is 0. The molecule has 2 fully saturated rings. The fourth-order valence-corrected chi connectivity index (χ4v) is 7.55. The van der Waals surface area contributed by atoms with Gasteiger partial charge in [0.15, 0.2) is 0 Å². The Morgan fingerprint density at radius 2 is 1.25 bits per heavy atom. The van der Waals surface area contributed by atoms with Gasteiger partial charge in [-0.3, -0.25) is 4.79 Å². The molecule has 0 heterocycles. The first-order valence-electron chi connectivity index (χ1n) is 8.62. The second-order valence-corrected chi connectivity index (χ2v) is 9.40. The summed E-state index contributed by atoms with van der Waals surface area (Å²) in [5.74, 6) is -0.589. The Labute approximate surface area is 167 Å². The summed E-state index contributed by atoms with van der Waals surface area (Å²) in [5, 5.41) is 8.97. The first kappa shape index (κ1) is 24.7. The molecule has 2 aliphatic carbocycles. The molecular weight excluding hydrogens is 353 g/mol. The van der Waals surface area contributed by atoms with Gasteiger partial charge in [-0.25, -0.2) is 0 Å². The van der Waals surface area contributed by atoms with Crippen molar-refractivity contribution in [3.8, 4) is 0 Å². The van der Waals surface area contributed by atoms with Gasteiger partial charge in [0.2, 0.25) is 0 Å². The van der Waals surface area contributed by atoms with E-state index in [9.17, 15) is 22.1 Å². The van der Waals surface area contributed by atoms with Crippen LogP contribution in [-0.4, -0.2) is 35.8 Å². The summed E-state index contributed by atoms with van der Waals surface area (Å²) in [5.41, 5.74) is 1.80. The minimum absolute atomic E-state index is 0.